The molecule has 1 saturated heterocycles. The van der Waals surface area contributed by atoms with E-state index in [1.165, 1.54) is 7.11 Å². The number of amides is 1. The highest BCUT2D eigenvalue weighted by Crippen LogP contribution is 2.31. The molecule has 0 saturated carbocycles. The predicted molar refractivity (Wildman–Crippen MR) is 97.9 cm³/mol. The number of nitrogens with zero attached hydrogens (tertiary/aromatic N) is 3. The Morgan fingerprint density at radius 2 is 2.22 bits per heavy atom. The number of carbonyl (C=O) groups is 1. The maximum absolute atomic E-state index is 14.2. The number of rotatable bonds is 5. The SMILES string of the molecule is COCC(=O)N1CC(Nc2nc(C3=CNC4NC=C(Cl)C=C34)ncc2F)C1. The van der Waals surface area contributed by atoms with Gasteiger partial charge in [0.15, 0.2) is 17.5 Å². The summed E-state index contributed by atoms with van der Waals surface area (Å²) in [5, 5.41) is 9.87. The fourth-order valence-electron chi connectivity index (χ4n) is 3.12. The Kier molecular flexibility index (Phi) is 4.71. The predicted octanol–water partition coefficient (Wildman–Crippen LogP) is 0.765. The molecule has 0 radical (unpaired) electrons. The van der Waals surface area contributed by atoms with E-state index in [0.29, 0.717) is 23.9 Å². The second-order valence-electron chi connectivity index (χ2n) is 6.42. The summed E-state index contributed by atoms with van der Waals surface area (Å²) in [6.07, 6.45) is 6.32. The van der Waals surface area contributed by atoms with Gasteiger partial charge in [-0.2, -0.15) is 0 Å². The van der Waals surface area contributed by atoms with Crippen molar-refractivity contribution in [3.63, 3.8) is 0 Å². The normalized spacial score (nSPS) is 21.2. The van der Waals surface area contributed by atoms with Crippen molar-refractivity contribution in [2.45, 2.75) is 12.2 Å². The first kappa shape index (κ1) is 17.7. The van der Waals surface area contributed by atoms with Gasteiger partial charge in [0.25, 0.3) is 0 Å². The molecule has 0 aromatic carbocycles. The number of hydrogen-bond donors (Lipinski definition) is 3. The molecule has 1 aromatic heterocycles. The number of halogens is 2. The van der Waals surface area contributed by atoms with Crippen molar-refractivity contribution in [3.8, 4) is 0 Å². The topological polar surface area (TPSA) is 91.4 Å². The third-order valence-electron chi connectivity index (χ3n) is 4.53. The van der Waals surface area contributed by atoms with Crippen molar-refractivity contribution in [2.75, 3.05) is 32.1 Å². The summed E-state index contributed by atoms with van der Waals surface area (Å²) < 4.78 is 19.0. The maximum atomic E-state index is 14.2. The van der Waals surface area contributed by atoms with Crippen molar-refractivity contribution in [1.82, 2.24) is 25.5 Å². The van der Waals surface area contributed by atoms with Crippen LogP contribution in [-0.4, -0.2) is 59.8 Å². The Labute approximate surface area is 160 Å². The summed E-state index contributed by atoms with van der Waals surface area (Å²) in [6, 6.07) is -0.0700. The summed E-state index contributed by atoms with van der Waals surface area (Å²) in [5.74, 6) is -0.134. The lowest BCUT2D eigenvalue weighted by Gasteiger charge is -2.39. The zero-order valence-corrected chi connectivity index (χ0v) is 15.3. The van der Waals surface area contributed by atoms with Crippen LogP contribution in [0.15, 0.2) is 35.3 Å². The molecule has 1 atom stereocenters. The van der Waals surface area contributed by atoms with Crippen molar-refractivity contribution in [1.29, 1.82) is 0 Å². The Morgan fingerprint density at radius 3 is 3.00 bits per heavy atom. The molecule has 1 unspecified atom stereocenters. The Balaban J connectivity index is 1.47. The van der Waals surface area contributed by atoms with Gasteiger partial charge in [-0.3, -0.25) is 4.79 Å². The van der Waals surface area contributed by atoms with Gasteiger partial charge in [0.2, 0.25) is 5.91 Å². The molecule has 1 amide bonds. The molecule has 4 rings (SSSR count). The van der Waals surface area contributed by atoms with Crippen LogP contribution in [-0.2, 0) is 9.53 Å². The number of carbonyl (C=O) groups excluding carboxylic acids is 1. The number of likely N-dealkylation sites (tertiary alicyclic amines) is 1. The number of ether oxygens (including phenoxy) is 1. The fourth-order valence-corrected chi connectivity index (χ4v) is 3.30. The molecule has 10 heteroatoms. The van der Waals surface area contributed by atoms with Crippen LogP contribution < -0.4 is 16.0 Å². The quantitative estimate of drug-likeness (QED) is 0.681. The Bertz CT molecular complexity index is 865. The molecule has 0 bridgehead atoms. The zero-order valence-electron chi connectivity index (χ0n) is 14.5. The molecule has 4 heterocycles. The molecular weight excluding hydrogens is 375 g/mol. The maximum Gasteiger partial charge on any atom is 0.248 e. The van der Waals surface area contributed by atoms with Gasteiger partial charge < -0.3 is 25.6 Å². The Morgan fingerprint density at radius 1 is 1.44 bits per heavy atom. The van der Waals surface area contributed by atoms with E-state index in [0.717, 1.165) is 17.3 Å². The first-order valence-corrected chi connectivity index (χ1v) is 8.79. The molecule has 3 N–H and O–H groups in total. The number of anilines is 1. The number of allylic oxidation sites excluding steroid dienone is 2. The molecule has 0 aliphatic carbocycles. The first-order valence-electron chi connectivity index (χ1n) is 8.41. The molecule has 3 aliphatic rings. The van der Waals surface area contributed by atoms with Crippen molar-refractivity contribution < 1.29 is 13.9 Å². The van der Waals surface area contributed by atoms with E-state index in [-0.39, 0.29) is 30.5 Å². The monoisotopic (exact) mass is 392 g/mol. The van der Waals surface area contributed by atoms with Crippen LogP contribution >= 0.6 is 11.6 Å². The van der Waals surface area contributed by atoms with Crippen LogP contribution in [0.2, 0.25) is 0 Å². The fraction of sp³-hybridized carbons (Fsp3) is 0.353. The lowest BCUT2D eigenvalue weighted by molar-refractivity contribution is -0.139. The smallest absolute Gasteiger partial charge is 0.248 e. The number of hydrogen-bond acceptors (Lipinski definition) is 7. The number of nitrogens with one attached hydrogen (secondary N) is 3. The van der Waals surface area contributed by atoms with E-state index in [9.17, 15) is 9.18 Å². The number of aromatic nitrogens is 2. The highest BCUT2D eigenvalue weighted by atomic mass is 35.5. The van der Waals surface area contributed by atoms with E-state index in [2.05, 4.69) is 25.9 Å². The molecule has 1 aromatic rings. The van der Waals surface area contributed by atoms with E-state index in [4.69, 9.17) is 16.3 Å². The molecule has 8 nitrogen and oxygen atoms in total. The van der Waals surface area contributed by atoms with Gasteiger partial charge in [0.05, 0.1) is 17.3 Å². The van der Waals surface area contributed by atoms with Crippen molar-refractivity contribution >= 4 is 28.9 Å². The van der Waals surface area contributed by atoms with Gasteiger partial charge in [-0.05, 0) is 6.08 Å². The second kappa shape index (κ2) is 7.16. The average Bonchev–Trinajstić information content (AvgIpc) is 3.02. The van der Waals surface area contributed by atoms with E-state index in [1.807, 2.05) is 6.08 Å². The second-order valence-corrected chi connectivity index (χ2v) is 6.85. The number of fused-ring (bicyclic) bond motifs is 1. The van der Waals surface area contributed by atoms with Crippen LogP contribution in [0.5, 0.6) is 0 Å². The minimum Gasteiger partial charge on any atom is -0.375 e. The summed E-state index contributed by atoms with van der Waals surface area (Å²) in [5.41, 5.74) is 1.63. The van der Waals surface area contributed by atoms with Gasteiger partial charge in [-0.15, -0.1) is 0 Å². The molecule has 1 fully saturated rings. The van der Waals surface area contributed by atoms with Crippen LogP contribution in [0, 0.1) is 5.82 Å². The molecule has 3 aliphatic heterocycles. The van der Waals surface area contributed by atoms with E-state index in [1.54, 1.807) is 17.3 Å². The number of dihydropyridines is 1. The largest absolute Gasteiger partial charge is 0.375 e. The summed E-state index contributed by atoms with van der Waals surface area (Å²) in [7, 11) is 1.47. The van der Waals surface area contributed by atoms with Crippen molar-refractivity contribution in [2.24, 2.45) is 0 Å². The van der Waals surface area contributed by atoms with Crippen molar-refractivity contribution in [3.05, 3.63) is 46.9 Å². The van der Waals surface area contributed by atoms with Crippen LogP contribution in [0.25, 0.3) is 5.57 Å². The summed E-state index contributed by atoms with van der Waals surface area (Å²) >= 11 is 6.06. The third-order valence-corrected chi connectivity index (χ3v) is 4.74. The van der Waals surface area contributed by atoms with Gasteiger partial charge in [0, 0.05) is 43.7 Å². The van der Waals surface area contributed by atoms with E-state index < -0.39 is 5.82 Å². The first-order chi connectivity index (χ1) is 13.0. The van der Waals surface area contributed by atoms with Crippen LogP contribution in [0.3, 0.4) is 0 Å². The average molecular weight is 393 g/mol. The third kappa shape index (κ3) is 3.47. The molecule has 142 valence electrons. The Hall–Kier alpha value is -2.65. The van der Waals surface area contributed by atoms with Crippen LogP contribution in [0.1, 0.15) is 5.82 Å². The number of methoxy groups -OCH3 is 1. The van der Waals surface area contributed by atoms with Gasteiger partial charge >= 0.3 is 0 Å². The van der Waals surface area contributed by atoms with Gasteiger partial charge in [0.1, 0.15) is 12.8 Å². The lowest BCUT2D eigenvalue weighted by atomic mass is 10.0. The molecular formula is C17H18ClFN6O2. The molecule has 0 spiro atoms. The minimum atomic E-state index is -0.544. The minimum absolute atomic E-state index is 0.0429. The summed E-state index contributed by atoms with van der Waals surface area (Å²) in [6.45, 7) is 0.993. The zero-order chi connectivity index (χ0) is 19.0. The highest BCUT2D eigenvalue weighted by Gasteiger charge is 2.32. The van der Waals surface area contributed by atoms with E-state index >= 15 is 0 Å². The molecule has 27 heavy (non-hydrogen) atoms. The standard InChI is InChI=1S/C17H18ClFN6O2/c1-27-8-14(26)25-6-10(7-25)23-17-13(19)5-22-16(24-17)12-4-21-15-11(12)2-9(18)3-20-15/h2-5,10,15,20-21H,6-8H2,1H3,(H,22,23,24). The van der Waals surface area contributed by atoms with Gasteiger partial charge in [-0.1, -0.05) is 11.6 Å². The lowest BCUT2D eigenvalue weighted by Crippen LogP contribution is -2.58. The van der Waals surface area contributed by atoms with Crippen LogP contribution in [0.4, 0.5) is 10.2 Å². The highest BCUT2D eigenvalue weighted by molar-refractivity contribution is 6.31. The van der Waals surface area contributed by atoms with Gasteiger partial charge in [-0.25, -0.2) is 14.4 Å². The summed E-state index contributed by atoms with van der Waals surface area (Å²) in [4.78, 5) is 21.8.